The Labute approximate surface area is 109 Å². The first-order valence-electron chi connectivity index (χ1n) is 5.78. The van der Waals surface area contributed by atoms with E-state index >= 15 is 0 Å². The number of aromatic nitrogens is 1. The molecule has 1 aromatic rings. The molecule has 2 bridgehead atoms. The number of nitrogens with zero attached hydrogens (tertiary/aromatic N) is 2. The van der Waals surface area contributed by atoms with Crippen LogP contribution in [0.3, 0.4) is 0 Å². The van der Waals surface area contributed by atoms with Crippen LogP contribution in [-0.4, -0.2) is 21.9 Å². The van der Waals surface area contributed by atoms with E-state index in [1.807, 2.05) is 12.1 Å². The molecule has 0 N–H and O–H groups in total. The maximum atomic E-state index is 5.87. The Morgan fingerprint density at radius 1 is 1.25 bits per heavy atom. The minimum Gasteiger partial charge on any atom is -0.351 e. The molecule has 2 aliphatic heterocycles. The number of hydrogen-bond acceptors (Lipinski definition) is 2. The van der Waals surface area contributed by atoms with E-state index in [9.17, 15) is 0 Å². The predicted molar refractivity (Wildman–Crippen MR) is 70.5 cm³/mol. The number of fused-ring (bicyclic) bond motifs is 2. The maximum Gasteiger partial charge on any atom is 0.129 e. The van der Waals surface area contributed by atoms with Gasteiger partial charge in [-0.25, -0.2) is 4.98 Å². The van der Waals surface area contributed by atoms with Gasteiger partial charge in [0, 0.05) is 23.1 Å². The van der Waals surface area contributed by atoms with Crippen molar-refractivity contribution in [2.24, 2.45) is 0 Å². The van der Waals surface area contributed by atoms with E-state index in [4.69, 9.17) is 11.6 Å². The third-order valence-electron chi connectivity index (χ3n) is 3.65. The van der Waals surface area contributed by atoms with Gasteiger partial charge in [-0.1, -0.05) is 27.5 Å². The summed E-state index contributed by atoms with van der Waals surface area (Å²) in [4.78, 5) is 7.63. The fourth-order valence-corrected chi connectivity index (χ4v) is 3.98. The quantitative estimate of drug-likeness (QED) is 0.736. The van der Waals surface area contributed by atoms with E-state index in [0.717, 1.165) is 5.82 Å². The summed E-state index contributed by atoms with van der Waals surface area (Å²) in [6.45, 7) is 0. The Hall–Kier alpha value is -0.280. The highest BCUT2D eigenvalue weighted by Gasteiger charge is 2.40. The largest absolute Gasteiger partial charge is 0.351 e. The first-order chi connectivity index (χ1) is 7.74. The van der Waals surface area contributed by atoms with E-state index < -0.39 is 0 Å². The lowest BCUT2D eigenvalue weighted by molar-refractivity contribution is 0.479. The maximum absolute atomic E-state index is 5.87. The molecule has 2 nitrogen and oxygen atoms in total. The molecule has 3 heterocycles. The standard InChI is InChI=1S/C12H14BrClN2/c13-8-5-10-2-3-11(6-8)16(10)12-4-1-9(14)7-15-12/h1,4,7-8,10-11H,2-3,5-6H2. The summed E-state index contributed by atoms with van der Waals surface area (Å²) in [5, 5.41) is 0.714. The molecule has 3 rings (SSSR count). The second-order valence-corrected chi connectivity index (χ2v) is 6.43. The van der Waals surface area contributed by atoms with Gasteiger partial charge in [0.25, 0.3) is 0 Å². The van der Waals surface area contributed by atoms with Gasteiger partial charge < -0.3 is 4.90 Å². The Morgan fingerprint density at radius 2 is 1.94 bits per heavy atom. The number of halogens is 2. The second kappa shape index (κ2) is 4.19. The molecule has 0 aromatic carbocycles. The van der Waals surface area contributed by atoms with E-state index in [1.54, 1.807) is 6.20 Å². The zero-order valence-corrected chi connectivity index (χ0v) is 11.3. The van der Waals surface area contributed by atoms with Gasteiger partial charge >= 0.3 is 0 Å². The van der Waals surface area contributed by atoms with Crippen LogP contribution >= 0.6 is 27.5 Å². The van der Waals surface area contributed by atoms with Gasteiger partial charge in [0.15, 0.2) is 0 Å². The van der Waals surface area contributed by atoms with Gasteiger partial charge in [-0.05, 0) is 37.8 Å². The van der Waals surface area contributed by atoms with Gasteiger partial charge in [0.2, 0.25) is 0 Å². The summed E-state index contributed by atoms with van der Waals surface area (Å²) in [6, 6.07) is 5.31. The molecule has 2 saturated heterocycles. The molecule has 0 saturated carbocycles. The monoisotopic (exact) mass is 300 g/mol. The van der Waals surface area contributed by atoms with Crippen molar-refractivity contribution in [3.63, 3.8) is 0 Å². The molecule has 0 radical (unpaired) electrons. The molecule has 4 heteroatoms. The molecule has 0 aliphatic carbocycles. The second-order valence-electron chi connectivity index (χ2n) is 4.70. The van der Waals surface area contributed by atoms with Crippen molar-refractivity contribution in [3.05, 3.63) is 23.4 Å². The fraction of sp³-hybridized carbons (Fsp3) is 0.583. The molecule has 0 amide bonds. The molecule has 2 atom stereocenters. The molecule has 2 aliphatic rings. The summed E-state index contributed by atoms with van der Waals surface area (Å²) in [6.07, 6.45) is 6.83. The Balaban J connectivity index is 1.88. The number of pyridine rings is 1. The van der Waals surface area contributed by atoms with Crippen LogP contribution in [0.1, 0.15) is 25.7 Å². The lowest BCUT2D eigenvalue weighted by Crippen LogP contribution is -2.43. The summed E-state index contributed by atoms with van der Waals surface area (Å²) in [5.41, 5.74) is 0. The smallest absolute Gasteiger partial charge is 0.129 e. The third kappa shape index (κ3) is 1.84. The van der Waals surface area contributed by atoms with Crippen LogP contribution in [-0.2, 0) is 0 Å². The average molecular weight is 302 g/mol. The topological polar surface area (TPSA) is 16.1 Å². The van der Waals surface area contributed by atoms with Crippen LogP contribution in [0, 0.1) is 0 Å². The zero-order valence-electron chi connectivity index (χ0n) is 8.94. The van der Waals surface area contributed by atoms with E-state index in [-0.39, 0.29) is 0 Å². The van der Waals surface area contributed by atoms with Crippen molar-refractivity contribution in [1.29, 1.82) is 0 Å². The molecule has 0 spiro atoms. The van der Waals surface area contributed by atoms with E-state index in [1.165, 1.54) is 25.7 Å². The fourth-order valence-electron chi connectivity index (χ4n) is 3.01. The van der Waals surface area contributed by atoms with E-state index in [2.05, 4.69) is 25.8 Å². The van der Waals surface area contributed by atoms with Crippen LogP contribution in [0.5, 0.6) is 0 Å². The molecule has 1 aromatic heterocycles. The summed E-state index contributed by atoms with van der Waals surface area (Å²) in [5.74, 6) is 1.09. The average Bonchev–Trinajstić information content (AvgIpc) is 2.54. The van der Waals surface area contributed by atoms with Crippen LogP contribution in [0.2, 0.25) is 5.02 Å². The normalized spacial score (nSPS) is 33.1. The third-order valence-corrected chi connectivity index (χ3v) is 4.62. The van der Waals surface area contributed by atoms with Crippen molar-refractivity contribution in [2.75, 3.05) is 4.90 Å². The van der Waals surface area contributed by atoms with Crippen molar-refractivity contribution < 1.29 is 0 Å². The number of piperidine rings is 1. The molecule has 16 heavy (non-hydrogen) atoms. The van der Waals surface area contributed by atoms with Gasteiger partial charge in [-0.15, -0.1) is 0 Å². The first kappa shape index (κ1) is 10.8. The van der Waals surface area contributed by atoms with Gasteiger partial charge in [0.05, 0.1) is 5.02 Å². The lowest BCUT2D eigenvalue weighted by atomic mass is 10.0. The highest BCUT2D eigenvalue weighted by molar-refractivity contribution is 9.09. The van der Waals surface area contributed by atoms with Crippen molar-refractivity contribution >= 4 is 33.3 Å². The lowest BCUT2D eigenvalue weighted by Gasteiger charge is -2.38. The summed E-state index contributed by atoms with van der Waals surface area (Å²) in [7, 11) is 0. The number of anilines is 1. The summed E-state index contributed by atoms with van der Waals surface area (Å²) >= 11 is 9.63. The van der Waals surface area contributed by atoms with Crippen LogP contribution in [0.4, 0.5) is 5.82 Å². The van der Waals surface area contributed by atoms with Gasteiger partial charge in [-0.3, -0.25) is 0 Å². The Bertz CT molecular complexity index is 367. The number of hydrogen-bond donors (Lipinski definition) is 0. The van der Waals surface area contributed by atoms with Crippen molar-refractivity contribution in [3.8, 4) is 0 Å². The SMILES string of the molecule is Clc1ccc(N2C3CCC2CC(Br)C3)nc1. The zero-order chi connectivity index (χ0) is 11.1. The Morgan fingerprint density at radius 3 is 2.50 bits per heavy atom. The highest BCUT2D eigenvalue weighted by atomic mass is 79.9. The van der Waals surface area contributed by atoms with Crippen molar-refractivity contribution in [1.82, 2.24) is 4.98 Å². The molecule has 2 fully saturated rings. The number of rotatable bonds is 1. The van der Waals surface area contributed by atoms with Crippen LogP contribution < -0.4 is 4.90 Å². The van der Waals surface area contributed by atoms with Gasteiger partial charge in [0.1, 0.15) is 5.82 Å². The van der Waals surface area contributed by atoms with Crippen molar-refractivity contribution in [2.45, 2.75) is 42.6 Å². The van der Waals surface area contributed by atoms with Gasteiger partial charge in [-0.2, -0.15) is 0 Å². The number of alkyl halides is 1. The van der Waals surface area contributed by atoms with Crippen LogP contribution in [0.15, 0.2) is 18.3 Å². The first-order valence-corrected chi connectivity index (χ1v) is 7.07. The Kier molecular flexibility index (Phi) is 2.84. The molecular weight excluding hydrogens is 288 g/mol. The van der Waals surface area contributed by atoms with Crippen LogP contribution in [0.25, 0.3) is 0 Å². The predicted octanol–water partition coefficient (Wildman–Crippen LogP) is 3.63. The minimum absolute atomic E-state index is 0.664. The van der Waals surface area contributed by atoms with E-state index in [0.29, 0.717) is 21.9 Å². The molecule has 2 unspecified atom stereocenters. The minimum atomic E-state index is 0.664. The molecular formula is C12H14BrClN2. The molecule has 86 valence electrons. The highest BCUT2D eigenvalue weighted by Crippen LogP contribution is 2.40. The summed E-state index contributed by atoms with van der Waals surface area (Å²) < 4.78 is 0.